The minimum atomic E-state index is -0.914. The SMILES string of the molecule is C=CCCCOC(=O)[C@@H]1[C@H]2C(=O)N([C@H](CO)c3ccccc3)C(C(=O)N(CC=C)c3ccc4ccccc4c3)C23S[C@@H]1CC3C. The largest absolute Gasteiger partial charge is 0.465 e. The van der Waals surface area contributed by atoms with Crippen LogP contribution in [0.15, 0.2) is 98.1 Å². The third-order valence-corrected chi connectivity index (χ3v) is 11.9. The van der Waals surface area contributed by atoms with E-state index in [-0.39, 0.29) is 48.7 Å². The van der Waals surface area contributed by atoms with Crippen molar-refractivity contribution in [3.63, 3.8) is 0 Å². The van der Waals surface area contributed by atoms with E-state index in [0.29, 0.717) is 18.5 Å². The maximum atomic E-state index is 15.1. The first kappa shape index (κ1) is 31.1. The average Bonchev–Trinajstić information content (AvgIpc) is 3.66. The summed E-state index contributed by atoms with van der Waals surface area (Å²) in [5.41, 5.74) is 1.44. The molecule has 3 unspecified atom stereocenters. The number of aliphatic hydroxyl groups is 1. The Morgan fingerprint density at radius 2 is 1.82 bits per heavy atom. The molecule has 45 heavy (non-hydrogen) atoms. The highest BCUT2D eigenvalue weighted by Gasteiger charge is 2.77. The zero-order chi connectivity index (χ0) is 31.7. The summed E-state index contributed by atoms with van der Waals surface area (Å²) in [6, 6.07) is 21.5. The molecular weight excluding hydrogens is 584 g/mol. The molecular formula is C37H40N2O5S. The number of ether oxygens (including phenoxy) is 1. The fraction of sp³-hybridized carbons (Fsp3) is 0.378. The zero-order valence-electron chi connectivity index (χ0n) is 25.6. The van der Waals surface area contributed by atoms with Crippen molar-refractivity contribution in [1.82, 2.24) is 4.90 Å². The van der Waals surface area contributed by atoms with Crippen LogP contribution in [-0.2, 0) is 19.1 Å². The van der Waals surface area contributed by atoms with E-state index >= 15 is 4.79 Å². The van der Waals surface area contributed by atoms with Crippen molar-refractivity contribution in [2.45, 2.75) is 48.3 Å². The lowest BCUT2D eigenvalue weighted by atomic mass is 9.66. The molecule has 7 atom stereocenters. The number of allylic oxidation sites excluding steroid dienone is 1. The van der Waals surface area contributed by atoms with Gasteiger partial charge >= 0.3 is 5.97 Å². The Kier molecular flexibility index (Phi) is 8.89. The molecule has 234 valence electrons. The summed E-state index contributed by atoms with van der Waals surface area (Å²) < 4.78 is 4.88. The molecule has 6 rings (SSSR count). The van der Waals surface area contributed by atoms with Crippen molar-refractivity contribution in [2.24, 2.45) is 17.8 Å². The summed E-state index contributed by atoms with van der Waals surface area (Å²) in [4.78, 5) is 46.9. The minimum absolute atomic E-state index is 0.0254. The number of nitrogens with zero attached hydrogens (tertiary/aromatic N) is 2. The molecule has 1 N–H and O–H groups in total. The number of aliphatic hydroxyl groups excluding tert-OH is 1. The van der Waals surface area contributed by atoms with Crippen LogP contribution < -0.4 is 4.90 Å². The standard InChI is InChI=1S/C37H40N2O5S/c1-4-6-12-20-44-36(43)31-30-21-24(3)37(45-30)32(31)34(41)39(29(23-40)26-14-8-7-9-15-26)33(37)35(42)38(19-5-2)28-18-17-25-13-10-11-16-27(25)22-28/h4-5,7-11,13-18,22,24,29-33,40H,1-2,6,12,19-21,23H2,3H3/t24?,29-,30-,31+,32+,33?,37?/m1/s1. The molecule has 3 aromatic rings. The van der Waals surface area contributed by atoms with Crippen LogP contribution in [0.1, 0.15) is 37.8 Å². The summed E-state index contributed by atoms with van der Waals surface area (Å²) in [5.74, 6) is -2.32. The fourth-order valence-corrected chi connectivity index (χ4v) is 10.2. The number of likely N-dealkylation sites (tertiary alicyclic amines) is 1. The molecule has 7 nitrogen and oxygen atoms in total. The Bertz CT molecular complexity index is 1610. The predicted octanol–water partition coefficient (Wildman–Crippen LogP) is 5.94. The lowest BCUT2D eigenvalue weighted by molar-refractivity contribution is -0.155. The van der Waals surface area contributed by atoms with Gasteiger partial charge in [0.2, 0.25) is 5.91 Å². The van der Waals surface area contributed by atoms with E-state index in [0.717, 1.165) is 22.8 Å². The zero-order valence-corrected chi connectivity index (χ0v) is 26.4. The first-order valence-corrected chi connectivity index (χ1v) is 16.6. The first-order valence-electron chi connectivity index (χ1n) is 15.7. The first-order chi connectivity index (χ1) is 21.9. The number of esters is 1. The van der Waals surface area contributed by atoms with Gasteiger partial charge in [-0.1, -0.05) is 79.7 Å². The highest BCUT2D eigenvalue weighted by molar-refractivity contribution is 8.02. The Balaban J connectivity index is 1.46. The van der Waals surface area contributed by atoms with Gasteiger partial charge in [0.15, 0.2) is 0 Å². The van der Waals surface area contributed by atoms with Crippen LogP contribution in [0.2, 0.25) is 0 Å². The van der Waals surface area contributed by atoms with Gasteiger partial charge in [-0.25, -0.2) is 0 Å². The molecule has 3 aromatic carbocycles. The monoisotopic (exact) mass is 624 g/mol. The molecule has 8 heteroatoms. The van der Waals surface area contributed by atoms with Gasteiger partial charge in [0.05, 0.1) is 35.8 Å². The predicted molar refractivity (Wildman–Crippen MR) is 179 cm³/mol. The topological polar surface area (TPSA) is 87.1 Å². The van der Waals surface area contributed by atoms with E-state index in [1.54, 1.807) is 33.7 Å². The number of unbranched alkanes of at least 4 members (excludes halogenated alkanes) is 1. The van der Waals surface area contributed by atoms with Gasteiger partial charge in [0.25, 0.3) is 5.91 Å². The number of thioether (sulfide) groups is 1. The Labute approximate surface area is 268 Å². The van der Waals surface area contributed by atoms with Crippen molar-refractivity contribution in [1.29, 1.82) is 0 Å². The van der Waals surface area contributed by atoms with Crippen LogP contribution in [0.3, 0.4) is 0 Å². The molecule has 3 saturated heterocycles. The van der Waals surface area contributed by atoms with E-state index in [1.807, 2.05) is 72.8 Å². The maximum Gasteiger partial charge on any atom is 0.310 e. The van der Waals surface area contributed by atoms with Crippen LogP contribution in [0, 0.1) is 17.8 Å². The lowest BCUT2D eigenvalue weighted by Gasteiger charge is -2.42. The highest BCUT2D eigenvalue weighted by atomic mass is 32.2. The van der Waals surface area contributed by atoms with Crippen molar-refractivity contribution in [3.05, 3.63) is 104 Å². The summed E-state index contributed by atoms with van der Waals surface area (Å²) in [5, 5.41) is 12.8. The Morgan fingerprint density at radius 1 is 1.09 bits per heavy atom. The number of carbonyl (C=O) groups is 3. The van der Waals surface area contributed by atoms with Crippen molar-refractivity contribution >= 4 is 46.0 Å². The number of anilines is 1. The van der Waals surface area contributed by atoms with Gasteiger partial charge in [-0.15, -0.1) is 24.9 Å². The second-order valence-electron chi connectivity index (χ2n) is 12.3. The van der Waals surface area contributed by atoms with E-state index < -0.39 is 28.7 Å². The maximum absolute atomic E-state index is 15.1. The van der Waals surface area contributed by atoms with Crippen molar-refractivity contribution in [3.8, 4) is 0 Å². The average molecular weight is 625 g/mol. The van der Waals surface area contributed by atoms with E-state index in [9.17, 15) is 14.7 Å². The molecule has 3 heterocycles. The van der Waals surface area contributed by atoms with Crippen molar-refractivity contribution in [2.75, 3.05) is 24.7 Å². The number of carbonyl (C=O) groups excluding carboxylic acids is 3. The molecule has 2 bridgehead atoms. The lowest BCUT2D eigenvalue weighted by Crippen LogP contribution is -2.58. The van der Waals surface area contributed by atoms with Crippen LogP contribution in [0.25, 0.3) is 10.8 Å². The second-order valence-corrected chi connectivity index (χ2v) is 13.8. The van der Waals surface area contributed by atoms with Crippen LogP contribution in [-0.4, -0.2) is 63.6 Å². The molecule has 3 aliphatic rings. The number of benzene rings is 3. The van der Waals surface area contributed by atoms with E-state index in [4.69, 9.17) is 4.74 Å². The number of rotatable bonds is 12. The van der Waals surface area contributed by atoms with E-state index in [2.05, 4.69) is 20.1 Å². The molecule has 0 aliphatic carbocycles. The molecule has 0 aromatic heterocycles. The Morgan fingerprint density at radius 3 is 2.53 bits per heavy atom. The van der Waals surface area contributed by atoms with Gasteiger partial charge in [0, 0.05) is 17.5 Å². The quantitative estimate of drug-likeness (QED) is 0.153. The molecule has 3 fully saturated rings. The summed E-state index contributed by atoms with van der Waals surface area (Å²) in [7, 11) is 0. The summed E-state index contributed by atoms with van der Waals surface area (Å²) in [6.07, 6.45) is 5.57. The normalized spacial score (nSPS) is 27.3. The van der Waals surface area contributed by atoms with Gasteiger partial charge < -0.3 is 19.6 Å². The third kappa shape index (κ3) is 5.18. The third-order valence-electron chi connectivity index (χ3n) is 9.80. The summed E-state index contributed by atoms with van der Waals surface area (Å²) in [6.45, 7) is 9.91. The van der Waals surface area contributed by atoms with Crippen molar-refractivity contribution < 1.29 is 24.2 Å². The smallest absolute Gasteiger partial charge is 0.310 e. The number of hydrogen-bond acceptors (Lipinski definition) is 6. The second kappa shape index (κ2) is 12.9. The molecule has 2 amide bonds. The van der Waals surface area contributed by atoms with Crippen LogP contribution in [0.5, 0.6) is 0 Å². The highest BCUT2D eigenvalue weighted by Crippen LogP contribution is 2.69. The Hall–Kier alpha value is -3.88. The van der Waals surface area contributed by atoms with E-state index in [1.165, 1.54) is 0 Å². The van der Waals surface area contributed by atoms with Gasteiger partial charge in [-0.2, -0.15) is 0 Å². The molecule has 3 aliphatic heterocycles. The van der Waals surface area contributed by atoms with Gasteiger partial charge in [0.1, 0.15) is 6.04 Å². The van der Waals surface area contributed by atoms with Crippen LogP contribution in [0.4, 0.5) is 5.69 Å². The van der Waals surface area contributed by atoms with Gasteiger partial charge in [-0.05, 0) is 53.6 Å². The molecule has 0 radical (unpaired) electrons. The molecule has 1 spiro atoms. The fourth-order valence-electron chi connectivity index (χ4n) is 7.81. The van der Waals surface area contributed by atoms with Crippen LogP contribution >= 0.6 is 11.8 Å². The molecule has 0 saturated carbocycles. The number of hydrogen-bond donors (Lipinski definition) is 1. The summed E-state index contributed by atoms with van der Waals surface area (Å²) >= 11 is 1.60. The number of fused-ring (bicyclic) bond motifs is 2. The van der Waals surface area contributed by atoms with Gasteiger partial charge in [-0.3, -0.25) is 14.4 Å². The minimum Gasteiger partial charge on any atom is -0.465 e. The number of amides is 2.